The lowest BCUT2D eigenvalue weighted by molar-refractivity contribution is -0.124. The summed E-state index contributed by atoms with van der Waals surface area (Å²) in [5.41, 5.74) is 4.11. The molecule has 0 aliphatic carbocycles. The lowest BCUT2D eigenvalue weighted by Gasteiger charge is -2.24. The molecule has 5 N–H and O–H groups in total. The molecule has 0 atom stereocenters. The predicted octanol–water partition coefficient (Wildman–Crippen LogP) is 3.14. The summed E-state index contributed by atoms with van der Waals surface area (Å²) in [7, 11) is 1.91. The van der Waals surface area contributed by atoms with Gasteiger partial charge in [0.05, 0.1) is 5.69 Å². The molecule has 2 heterocycles. The van der Waals surface area contributed by atoms with Crippen molar-refractivity contribution in [2.75, 3.05) is 32.0 Å². The molecule has 9 heteroatoms. The van der Waals surface area contributed by atoms with Crippen molar-refractivity contribution >= 4 is 29.4 Å². The van der Waals surface area contributed by atoms with Crippen molar-refractivity contribution in [3.05, 3.63) is 35.7 Å². The summed E-state index contributed by atoms with van der Waals surface area (Å²) in [6.45, 7) is 8.38. The molecule has 188 valence electrons. The average molecular weight is 473 g/mol. The predicted molar refractivity (Wildman–Crippen MR) is 136 cm³/mol. The number of carbonyl (C=O) groups excluding carboxylic acids is 2. The van der Waals surface area contributed by atoms with Crippen molar-refractivity contribution < 1.29 is 14.8 Å². The lowest BCUT2D eigenvalue weighted by Crippen LogP contribution is -2.39. The van der Waals surface area contributed by atoms with Crippen molar-refractivity contribution in [2.24, 2.45) is 5.41 Å². The van der Waals surface area contributed by atoms with Gasteiger partial charge < -0.3 is 16.0 Å². The number of aromatic nitrogens is 2. The Morgan fingerprint density at radius 2 is 2.00 bits per heavy atom. The molecule has 0 fully saturated rings. The highest BCUT2D eigenvalue weighted by atomic mass is 16.5. The number of anilines is 1. The Morgan fingerprint density at radius 3 is 2.71 bits per heavy atom. The van der Waals surface area contributed by atoms with Gasteiger partial charge in [0, 0.05) is 38.3 Å². The maximum Gasteiger partial charge on any atom is 0.267 e. The first kappa shape index (κ1) is 27.3. The highest BCUT2D eigenvalue weighted by molar-refractivity contribution is 5.91. The number of nitrogens with one attached hydrogen (secondary N) is 4. The van der Waals surface area contributed by atoms with Crippen LogP contribution in [0.1, 0.15) is 64.1 Å². The van der Waals surface area contributed by atoms with Gasteiger partial charge in [-0.1, -0.05) is 40.0 Å². The first-order valence-corrected chi connectivity index (χ1v) is 12.1. The van der Waals surface area contributed by atoms with Crippen molar-refractivity contribution in [1.29, 1.82) is 0 Å². The summed E-state index contributed by atoms with van der Waals surface area (Å²) in [5, 5.41) is 18.3. The number of hydroxylamine groups is 1. The summed E-state index contributed by atoms with van der Waals surface area (Å²) < 4.78 is 1.98. The van der Waals surface area contributed by atoms with Crippen LogP contribution >= 0.6 is 0 Å². The molecule has 0 saturated heterocycles. The Hall–Kier alpha value is -2.91. The molecule has 0 radical (unpaired) electrons. The van der Waals surface area contributed by atoms with Gasteiger partial charge in [0.1, 0.15) is 11.5 Å². The number of imidazole rings is 1. The molecule has 0 aliphatic rings. The summed E-state index contributed by atoms with van der Waals surface area (Å²) in [4.78, 5) is 28.4. The molecule has 2 rings (SSSR count). The van der Waals surface area contributed by atoms with Crippen LogP contribution in [-0.2, 0) is 16.0 Å². The maximum absolute atomic E-state index is 12.4. The minimum Gasteiger partial charge on any atom is -0.369 e. The van der Waals surface area contributed by atoms with E-state index in [0.717, 1.165) is 48.5 Å². The Morgan fingerprint density at radius 1 is 1.21 bits per heavy atom. The first-order chi connectivity index (χ1) is 16.3. The standard InChI is InChI=1S/C25H40N6O3/c1-5-6-7-8-9-20-24(27-14-12-22(32)28-18-25(2,3)17-26-4)31-15-13-19(16-21(31)29-20)10-11-23(33)30-34/h10-11,13,15-16,26-27,34H,5-9,12,14,17-18H2,1-4H3,(H,28,32)(H,30,33)/b11-10+. The lowest BCUT2D eigenvalue weighted by atomic mass is 9.93. The molecular formula is C25H40N6O3. The molecule has 2 amide bonds. The Labute approximate surface area is 202 Å². The summed E-state index contributed by atoms with van der Waals surface area (Å²) in [6, 6.07) is 3.76. The third-order valence-electron chi connectivity index (χ3n) is 5.59. The molecule has 0 aromatic carbocycles. The fourth-order valence-electron chi connectivity index (χ4n) is 3.76. The summed E-state index contributed by atoms with van der Waals surface area (Å²) in [5.74, 6) is 0.331. The van der Waals surface area contributed by atoms with Crippen molar-refractivity contribution in [1.82, 2.24) is 25.5 Å². The van der Waals surface area contributed by atoms with Gasteiger partial charge in [0.15, 0.2) is 0 Å². The number of carbonyl (C=O) groups is 2. The van der Waals surface area contributed by atoms with E-state index in [-0.39, 0.29) is 11.3 Å². The zero-order valence-electron chi connectivity index (χ0n) is 20.9. The van der Waals surface area contributed by atoms with Crippen LogP contribution in [0.25, 0.3) is 11.7 Å². The van der Waals surface area contributed by atoms with E-state index in [1.807, 2.05) is 29.8 Å². The van der Waals surface area contributed by atoms with Crippen molar-refractivity contribution in [3.8, 4) is 0 Å². The molecule has 2 aromatic rings. The molecule has 9 nitrogen and oxygen atoms in total. The number of hydrogen-bond acceptors (Lipinski definition) is 6. The molecule has 0 bridgehead atoms. The Balaban J connectivity index is 2.09. The largest absolute Gasteiger partial charge is 0.369 e. The number of aryl methyl sites for hydroxylation is 1. The number of pyridine rings is 1. The van der Waals surface area contributed by atoms with Crippen LogP contribution in [-0.4, -0.2) is 53.1 Å². The van der Waals surface area contributed by atoms with Crippen LogP contribution in [0.15, 0.2) is 24.4 Å². The fourth-order valence-corrected chi connectivity index (χ4v) is 3.76. The maximum atomic E-state index is 12.4. The molecule has 2 aromatic heterocycles. The molecule has 34 heavy (non-hydrogen) atoms. The zero-order chi connectivity index (χ0) is 25.0. The highest BCUT2D eigenvalue weighted by Crippen LogP contribution is 2.22. The van der Waals surface area contributed by atoms with Gasteiger partial charge >= 0.3 is 0 Å². The number of rotatable bonds is 15. The summed E-state index contributed by atoms with van der Waals surface area (Å²) >= 11 is 0. The van der Waals surface area contributed by atoms with Crippen LogP contribution in [0.3, 0.4) is 0 Å². The van der Waals surface area contributed by atoms with Crippen LogP contribution < -0.4 is 21.4 Å². The van der Waals surface area contributed by atoms with Gasteiger partial charge in [-0.05, 0) is 49.1 Å². The van der Waals surface area contributed by atoms with E-state index in [9.17, 15) is 9.59 Å². The second-order valence-corrected chi connectivity index (χ2v) is 9.36. The van der Waals surface area contributed by atoms with E-state index >= 15 is 0 Å². The van der Waals surface area contributed by atoms with E-state index in [2.05, 4.69) is 36.7 Å². The van der Waals surface area contributed by atoms with Crippen LogP contribution in [0.5, 0.6) is 0 Å². The van der Waals surface area contributed by atoms with E-state index in [4.69, 9.17) is 10.2 Å². The van der Waals surface area contributed by atoms with E-state index in [1.54, 1.807) is 11.6 Å². The van der Waals surface area contributed by atoms with Gasteiger partial charge in [-0.15, -0.1) is 0 Å². The minimum atomic E-state index is -0.588. The van der Waals surface area contributed by atoms with Gasteiger partial charge in [-0.2, -0.15) is 0 Å². The number of nitrogens with zero attached hydrogens (tertiary/aromatic N) is 2. The Bertz CT molecular complexity index is 967. The number of unbranched alkanes of at least 4 members (excludes halogenated alkanes) is 3. The quantitative estimate of drug-likeness (QED) is 0.118. The third kappa shape index (κ3) is 8.79. The molecule has 0 unspecified atom stereocenters. The monoisotopic (exact) mass is 472 g/mol. The second kappa shape index (κ2) is 13.7. The van der Waals surface area contributed by atoms with E-state index < -0.39 is 5.91 Å². The molecular weight excluding hydrogens is 432 g/mol. The van der Waals surface area contributed by atoms with E-state index in [1.165, 1.54) is 18.9 Å². The van der Waals surface area contributed by atoms with Gasteiger partial charge in [-0.3, -0.25) is 19.2 Å². The van der Waals surface area contributed by atoms with Crippen LogP contribution in [0.4, 0.5) is 5.82 Å². The molecule has 0 saturated carbocycles. The third-order valence-corrected chi connectivity index (χ3v) is 5.59. The summed E-state index contributed by atoms with van der Waals surface area (Å²) in [6.07, 6.45) is 10.6. The second-order valence-electron chi connectivity index (χ2n) is 9.36. The first-order valence-electron chi connectivity index (χ1n) is 12.1. The smallest absolute Gasteiger partial charge is 0.267 e. The normalized spacial score (nSPS) is 11.8. The van der Waals surface area contributed by atoms with Crippen molar-refractivity contribution in [3.63, 3.8) is 0 Å². The number of hydrogen-bond donors (Lipinski definition) is 5. The molecule has 0 spiro atoms. The van der Waals surface area contributed by atoms with Crippen molar-refractivity contribution in [2.45, 2.75) is 59.3 Å². The van der Waals surface area contributed by atoms with Gasteiger partial charge in [-0.25, -0.2) is 10.5 Å². The van der Waals surface area contributed by atoms with Crippen LogP contribution in [0, 0.1) is 5.41 Å². The topological polar surface area (TPSA) is 120 Å². The fraction of sp³-hybridized carbons (Fsp3) is 0.560. The van der Waals surface area contributed by atoms with E-state index in [0.29, 0.717) is 19.5 Å². The Kier molecular flexibility index (Phi) is 11.0. The highest BCUT2D eigenvalue weighted by Gasteiger charge is 2.18. The van der Waals surface area contributed by atoms with Gasteiger partial charge in [0.2, 0.25) is 5.91 Å². The number of fused-ring (bicyclic) bond motifs is 1. The minimum absolute atomic E-state index is 0.00481. The SMILES string of the molecule is CCCCCCc1nc2cc(/C=C/C(=O)NO)ccn2c1NCCC(=O)NCC(C)(C)CNC. The number of amides is 2. The molecule has 0 aliphatic heterocycles. The van der Waals surface area contributed by atoms with Gasteiger partial charge in [0.25, 0.3) is 5.91 Å². The zero-order valence-corrected chi connectivity index (χ0v) is 20.9. The average Bonchev–Trinajstić information content (AvgIpc) is 3.15. The van der Waals surface area contributed by atoms with Crippen LogP contribution in [0.2, 0.25) is 0 Å².